The summed E-state index contributed by atoms with van der Waals surface area (Å²) in [6.45, 7) is 8.13. The third kappa shape index (κ3) is 4.09. The van der Waals surface area contributed by atoms with Crippen LogP contribution in [0.5, 0.6) is 0 Å². The number of fused-ring (bicyclic) bond motifs is 1. The number of nitrogens with one attached hydrogen (secondary N) is 2. The van der Waals surface area contributed by atoms with Crippen LogP contribution in [0.25, 0.3) is 10.9 Å². The summed E-state index contributed by atoms with van der Waals surface area (Å²) in [5.41, 5.74) is 4.15. The van der Waals surface area contributed by atoms with Crippen LogP contribution in [0.1, 0.15) is 41.4 Å². The molecule has 1 aromatic carbocycles. The number of carbonyl (C=O) groups excluding carboxylic acids is 1. The van der Waals surface area contributed by atoms with Gasteiger partial charge in [-0.15, -0.1) is 0 Å². The van der Waals surface area contributed by atoms with Crippen molar-refractivity contribution >= 4 is 16.8 Å². The SMILES string of the molecule is Cc1ccc(CN2CCCC(C)(CNC(=O)c3nccc4[nH]ccc34)C2)cc1. The fourth-order valence-electron chi connectivity index (χ4n) is 4.20. The van der Waals surface area contributed by atoms with Gasteiger partial charge >= 0.3 is 0 Å². The molecular weight excluding hydrogens is 348 g/mol. The van der Waals surface area contributed by atoms with Gasteiger partial charge in [-0.25, -0.2) is 0 Å². The molecule has 1 aliphatic rings. The molecule has 1 fully saturated rings. The van der Waals surface area contributed by atoms with Crippen molar-refractivity contribution in [1.82, 2.24) is 20.2 Å². The molecule has 0 aliphatic carbocycles. The predicted molar refractivity (Wildman–Crippen MR) is 112 cm³/mol. The van der Waals surface area contributed by atoms with Gasteiger partial charge in [0.15, 0.2) is 0 Å². The molecule has 0 radical (unpaired) electrons. The van der Waals surface area contributed by atoms with E-state index < -0.39 is 0 Å². The van der Waals surface area contributed by atoms with Crippen LogP contribution >= 0.6 is 0 Å². The molecule has 146 valence electrons. The summed E-state index contributed by atoms with van der Waals surface area (Å²) < 4.78 is 0. The van der Waals surface area contributed by atoms with Crippen LogP contribution < -0.4 is 5.32 Å². The molecule has 3 heterocycles. The summed E-state index contributed by atoms with van der Waals surface area (Å²) in [6.07, 6.45) is 5.80. The van der Waals surface area contributed by atoms with Crippen molar-refractivity contribution in [3.05, 3.63) is 65.6 Å². The molecule has 5 nitrogen and oxygen atoms in total. The van der Waals surface area contributed by atoms with Crippen molar-refractivity contribution in [2.75, 3.05) is 19.6 Å². The van der Waals surface area contributed by atoms with Gasteiger partial charge in [-0.1, -0.05) is 36.8 Å². The molecule has 3 aromatic rings. The highest BCUT2D eigenvalue weighted by Gasteiger charge is 2.31. The normalized spacial score (nSPS) is 20.4. The third-order valence-electron chi connectivity index (χ3n) is 5.76. The van der Waals surface area contributed by atoms with E-state index in [1.807, 2.05) is 18.3 Å². The fraction of sp³-hybridized carbons (Fsp3) is 0.391. The number of piperidine rings is 1. The lowest BCUT2D eigenvalue weighted by atomic mass is 9.81. The number of rotatable bonds is 5. The van der Waals surface area contributed by atoms with Crippen molar-refractivity contribution in [3.63, 3.8) is 0 Å². The third-order valence-corrected chi connectivity index (χ3v) is 5.76. The molecule has 2 aromatic heterocycles. The number of aromatic nitrogens is 2. The minimum Gasteiger partial charge on any atom is -0.361 e. The number of pyridine rings is 1. The van der Waals surface area contributed by atoms with Crippen molar-refractivity contribution in [2.45, 2.75) is 33.2 Å². The van der Waals surface area contributed by atoms with Gasteiger partial charge in [0.05, 0.1) is 0 Å². The van der Waals surface area contributed by atoms with E-state index in [-0.39, 0.29) is 11.3 Å². The minimum atomic E-state index is -0.0953. The van der Waals surface area contributed by atoms with E-state index >= 15 is 0 Å². The van der Waals surface area contributed by atoms with Crippen LogP contribution in [0.2, 0.25) is 0 Å². The number of hydrogen-bond acceptors (Lipinski definition) is 3. The Morgan fingerprint density at radius 3 is 2.89 bits per heavy atom. The van der Waals surface area contributed by atoms with Gasteiger partial charge in [-0.2, -0.15) is 0 Å². The zero-order valence-electron chi connectivity index (χ0n) is 16.7. The van der Waals surface area contributed by atoms with Crippen LogP contribution in [0.3, 0.4) is 0 Å². The molecule has 1 atom stereocenters. The molecule has 28 heavy (non-hydrogen) atoms. The fourth-order valence-corrected chi connectivity index (χ4v) is 4.20. The van der Waals surface area contributed by atoms with Crippen molar-refractivity contribution in [2.24, 2.45) is 5.41 Å². The Labute approximate surface area is 166 Å². The number of aromatic amines is 1. The van der Waals surface area contributed by atoms with Crippen molar-refractivity contribution in [3.8, 4) is 0 Å². The van der Waals surface area contributed by atoms with Gasteiger partial charge in [0.2, 0.25) is 0 Å². The average Bonchev–Trinajstić information content (AvgIpc) is 3.17. The van der Waals surface area contributed by atoms with Crippen molar-refractivity contribution in [1.29, 1.82) is 0 Å². The van der Waals surface area contributed by atoms with Gasteiger partial charge in [-0.05, 0) is 49.4 Å². The smallest absolute Gasteiger partial charge is 0.270 e. The highest BCUT2D eigenvalue weighted by molar-refractivity contribution is 6.04. The first-order chi connectivity index (χ1) is 13.5. The van der Waals surface area contributed by atoms with Crippen LogP contribution in [-0.2, 0) is 6.54 Å². The number of likely N-dealkylation sites (tertiary alicyclic amines) is 1. The summed E-state index contributed by atoms with van der Waals surface area (Å²) in [6, 6.07) is 12.6. The standard InChI is InChI=1S/C23H28N4O/c1-17-4-6-18(7-5-17)14-27-13-3-10-23(2,16-27)15-26-22(28)21-19-8-11-24-20(19)9-12-25-21/h4-9,11-12,24H,3,10,13-16H2,1-2H3,(H,26,28). The van der Waals surface area contributed by atoms with Gasteiger partial charge in [0, 0.05) is 42.9 Å². The lowest BCUT2D eigenvalue weighted by Gasteiger charge is -2.40. The number of aryl methyl sites for hydroxylation is 1. The van der Waals surface area contributed by atoms with Gasteiger partial charge < -0.3 is 10.3 Å². The van der Waals surface area contributed by atoms with E-state index in [2.05, 4.69) is 58.3 Å². The zero-order chi connectivity index (χ0) is 19.6. The zero-order valence-corrected chi connectivity index (χ0v) is 16.7. The predicted octanol–water partition coefficient (Wildman–Crippen LogP) is 3.90. The number of nitrogens with zero attached hydrogens (tertiary/aromatic N) is 2. The van der Waals surface area contributed by atoms with Crippen LogP contribution in [-0.4, -0.2) is 40.4 Å². The van der Waals surface area contributed by atoms with E-state index in [1.165, 1.54) is 11.1 Å². The molecule has 1 unspecified atom stereocenters. The van der Waals surface area contributed by atoms with Crippen LogP contribution in [0.15, 0.2) is 48.8 Å². The molecule has 2 N–H and O–H groups in total. The van der Waals surface area contributed by atoms with Gasteiger partial charge in [0.1, 0.15) is 5.69 Å². The van der Waals surface area contributed by atoms with Gasteiger partial charge in [0.25, 0.3) is 5.91 Å². The molecule has 1 aliphatic heterocycles. The molecule has 0 spiro atoms. The summed E-state index contributed by atoms with van der Waals surface area (Å²) >= 11 is 0. The first-order valence-electron chi connectivity index (χ1n) is 10.0. The number of hydrogen-bond donors (Lipinski definition) is 2. The largest absolute Gasteiger partial charge is 0.361 e. The maximum atomic E-state index is 12.7. The maximum Gasteiger partial charge on any atom is 0.270 e. The highest BCUT2D eigenvalue weighted by Crippen LogP contribution is 2.30. The molecule has 4 rings (SSSR count). The molecule has 0 saturated carbocycles. The Balaban J connectivity index is 1.38. The first-order valence-corrected chi connectivity index (χ1v) is 10.0. The lowest BCUT2D eigenvalue weighted by molar-refractivity contribution is 0.0803. The maximum absolute atomic E-state index is 12.7. The second-order valence-corrected chi connectivity index (χ2v) is 8.39. The Bertz CT molecular complexity index is 962. The Morgan fingerprint density at radius 2 is 2.07 bits per heavy atom. The number of amides is 1. The van der Waals surface area contributed by atoms with E-state index in [0.29, 0.717) is 12.2 Å². The summed E-state index contributed by atoms with van der Waals surface area (Å²) in [5.74, 6) is -0.0953. The van der Waals surface area contributed by atoms with E-state index in [4.69, 9.17) is 0 Å². The van der Waals surface area contributed by atoms with E-state index in [1.54, 1.807) is 6.20 Å². The molecule has 0 bridgehead atoms. The topological polar surface area (TPSA) is 61.0 Å². The van der Waals surface area contributed by atoms with E-state index in [9.17, 15) is 4.79 Å². The molecule has 1 saturated heterocycles. The second-order valence-electron chi connectivity index (χ2n) is 8.39. The Kier molecular flexibility index (Phi) is 5.18. The quantitative estimate of drug-likeness (QED) is 0.710. The Hall–Kier alpha value is -2.66. The molecule has 1 amide bonds. The first kappa shape index (κ1) is 18.7. The number of H-pyrrole nitrogens is 1. The minimum absolute atomic E-state index is 0.0741. The molecular formula is C23H28N4O. The monoisotopic (exact) mass is 376 g/mol. The number of carbonyl (C=O) groups is 1. The van der Waals surface area contributed by atoms with Crippen LogP contribution in [0, 0.1) is 12.3 Å². The highest BCUT2D eigenvalue weighted by atomic mass is 16.1. The van der Waals surface area contributed by atoms with Crippen LogP contribution in [0.4, 0.5) is 0 Å². The summed E-state index contributed by atoms with van der Waals surface area (Å²) in [4.78, 5) is 22.7. The summed E-state index contributed by atoms with van der Waals surface area (Å²) in [7, 11) is 0. The van der Waals surface area contributed by atoms with E-state index in [0.717, 1.165) is 43.4 Å². The Morgan fingerprint density at radius 1 is 1.25 bits per heavy atom. The lowest BCUT2D eigenvalue weighted by Crippen LogP contribution is -2.47. The second kappa shape index (κ2) is 7.76. The molecule has 5 heteroatoms. The summed E-state index contributed by atoms with van der Waals surface area (Å²) in [5, 5.41) is 4.01. The van der Waals surface area contributed by atoms with Crippen molar-refractivity contribution < 1.29 is 4.79 Å². The van der Waals surface area contributed by atoms with Gasteiger partial charge in [-0.3, -0.25) is 14.7 Å². The average molecular weight is 377 g/mol. The number of benzene rings is 1.